The lowest BCUT2D eigenvalue weighted by molar-refractivity contribution is -0.116. The number of rotatable bonds is 6. The molecular weight excluding hydrogens is 412 g/mol. The van der Waals surface area contributed by atoms with Crippen molar-refractivity contribution < 1.29 is 14.3 Å². The number of carbonyl (C=O) groups excluding carboxylic acids is 1. The predicted molar refractivity (Wildman–Crippen MR) is 123 cm³/mol. The molecule has 2 aromatic carbocycles. The minimum absolute atomic E-state index is 0.162. The van der Waals surface area contributed by atoms with Gasteiger partial charge >= 0.3 is 0 Å². The number of amides is 1. The van der Waals surface area contributed by atoms with Crippen molar-refractivity contribution in [2.75, 3.05) is 13.7 Å². The van der Waals surface area contributed by atoms with Crippen molar-refractivity contribution >= 4 is 23.6 Å². The van der Waals surface area contributed by atoms with Gasteiger partial charge in [-0.05, 0) is 65.6 Å². The summed E-state index contributed by atoms with van der Waals surface area (Å²) in [6.07, 6.45) is 7.13. The van der Waals surface area contributed by atoms with Crippen LogP contribution in [0.2, 0.25) is 5.02 Å². The first-order valence-corrected chi connectivity index (χ1v) is 10.4. The Hall–Kier alpha value is -3.31. The number of halogens is 1. The number of nitrogens with one attached hydrogen (secondary N) is 1. The molecule has 31 heavy (non-hydrogen) atoms. The quantitative estimate of drug-likeness (QED) is 0.563. The van der Waals surface area contributed by atoms with Crippen LogP contribution >= 0.6 is 11.6 Å². The van der Waals surface area contributed by atoms with Crippen molar-refractivity contribution in [2.24, 2.45) is 0 Å². The monoisotopic (exact) mass is 434 g/mol. The molecule has 4 rings (SSSR count). The third-order valence-corrected chi connectivity index (χ3v) is 5.50. The van der Waals surface area contributed by atoms with Crippen LogP contribution in [0.3, 0.4) is 0 Å². The fraction of sp³-hybridized carbons (Fsp3) is 0.200. The van der Waals surface area contributed by atoms with Gasteiger partial charge in [-0.15, -0.1) is 0 Å². The molecule has 1 aromatic heterocycles. The van der Waals surface area contributed by atoms with Gasteiger partial charge in [-0.1, -0.05) is 23.7 Å². The number of ether oxygens (including phenoxy) is 2. The van der Waals surface area contributed by atoms with Crippen molar-refractivity contribution in [3.05, 3.63) is 82.6 Å². The van der Waals surface area contributed by atoms with E-state index in [1.54, 1.807) is 25.6 Å². The van der Waals surface area contributed by atoms with Crippen LogP contribution in [0.1, 0.15) is 16.7 Å². The first-order valence-electron chi connectivity index (χ1n) is 10.0. The molecule has 0 spiro atoms. The number of fused-ring (bicyclic) bond motifs is 1. The number of carbonyl (C=O) groups is 1. The van der Waals surface area contributed by atoms with Crippen molar-refractivity contribution in [3.63, 3.8) is 0 Å². The van der Waals surface area contributed by atoms with Gasteiger partial charge < -0.3 is 14.8 Å². The van der Waals surface area contributed by atoms with Crippen LogP contribution in [0, 0.1) is 6.92 Å². The molecule has 1 aliphatic rings. The Kier molecular flexibility index (Phi) is 6.23. The first kappa shape index (κ1) is 20.9. The van der Waals surface area contributed by atoms with E-state index in [4.69, 9.17) is 21.1 Å². The summed E-state index contributed by atoms with van der Waals surface area (Å²) in [6, 6.07) is 13.7. The van der Waals surface area contributed by atoms with Gasteiger partial charge in [-0.3, -0.25) is 9.78 Å². The molecule has 1 unspecified atom stereocenters. The van der Waals surface area contributed by atoms with Gasteiger partial charge in [-0.2, -0.15) is 0 Å². The molecule has 0 saturated heterocycles. The van der Waals surface area contributed by atoms with Crippen LogP contribution in [0.15, 0.2) is 60.9 Å². The second-order valence-electron chi connectivity index (χ2n) is 7.44. The zero-order chi connectivity index (χ0) is 21.8. The molecule has 0 radical (unpaired) electrons. The van der Waals surface area contributed by atoms with E-state index in [1.165, 1.54) is 6.08 Å². The van der Waals surface area contributed by atoms with Crippen molar-refractivity contribution in [1.82, 2.24) is 10.3 Å². The highest BCUT2D eigenvalue weighted by Gasteiger charge is 2.26. The molecule has 5 nitrogen and oxygen atoms in total. The maximum atomic E-state index is 12.1. The first-order chi connectivity index (χ1) is 15.0. The Morgan fingerprint density at radius 3 is 2.97 bits per heavy atom. The fourth-order valence-electron chi connectivity index (χ4n) is 3.62. The summed E-state index contributed by atoms with van der Waals surface area (Å²) in [5.74, 6) is 1.31. The van der Waals surface area contributed by atoms with E-state index in [1.807, 2.05) is 36.4 Å². The summed E-state index contributed by atoms with van der Waals surface area (Å²) < 4.78 is 11.4. The van der Waals surface area contributed by atoms with Gasteiger partial charge in [0.05, 0.1) is 18.7 Å². The van der Waals surface area contributed by atoms with E-state index < -0.39 is 0 Å². The van der Waals surface area contributed by atoms with Crippen molar-refractivity contribution in [1.29, 1.82) is 0 Å². The van der Waals surface area contributed by atoms with Crippen LogP contribution in [0.5, 0.6) is 11.5 Å². The molecule has 1 atom stereocenters. The maximum absolute atomic E-state index is 12.1. The Balaban J connectivity index is 1.43. The minimum Gasteiger partial charge on any atom is -0.497 e. The molecule has 0 bridgehead atoms. The summed E-state index contributed by atoms with van der Waals surface area (Å²) in [5, 5.41) is 3.46. The minimum atomic E-state index is -0.179. The number of hydrogen-bond donors (Lipinski definition) is 1. The lowest BCUT2D eigenvalue weighted by atomic mass is 9.97. The normalized spacial score (nSPS) is 14.9. The van der Waals surface area contributed by atoms with Crippen LogP contribution in [0.4, 0.5) is 0 Å². The summed E-state index contributed by atoms with van der Waals surface area (Å²) in [5.41, 5.74) is 5.14. The van der Waals surface area contributed by atoms with Crippen molar-refractivity contribution in [2.45, 2.75) is 19.4 Å². The third-order valence-electron chi connectivity index (χ3n) is 5.22. The zero-order valence-corrected chi connectivity index (χ0v) is 18.1. The Labute approximate surface area is 186 Å². The molecule has 0 saturated carbocycles. The second-order valence-corrected chi connectivity index (χ2v) is 7.84. The SMILES string of the molecule is COc1ccc(C)c(-c2cc(Cl)c3c(c2)CC(CNC(=O)/C=C/c2cccnc2)O3)c1. The molecular formula is C25H23ClN2O3. The van der Waals surface area contributed by atoms with Gasteiger partial charge in [0.1, 0.15) is 17.6 Å². The lowest BCUT2D eigenvalue weighted by Crippen LogP contribution is -2.33. The molecule has 1 N–H and O–H groups in total. The van der Waals surface area contributed by atoms with E-state index >= 15 is 0 Å². The van der Waals surface area contributed by atoms with Crippen LogP contribution < -0.4 is 14.8 Å². The van der Waals surface area contributed by atoms with Crippen LogP contribution in [-0.4, -0.2) is 30.6 Å². The molecule has 0 fully saturated rings. The molecule has 3 aromatic rings. The predicted octanol–water partition coefficient (Wildman–Crippen LogP) is 4.85. The van der Waals surface area contributed by atoms with Crippen LogP contribution in [-0.2, 0) is 11.2 Å². The van der Waals surface area contributed by atoms with Gasteiger partial charge in [0, 0.05) is 30.5 Å². The van der Waals surface area contributed by atoms with E-state index in [0.717, 1.165) is 33.6 Å². The van der Waals surface area contributed by atoms with E-state index in [0.29, 0.717) is 23.7 Å². The smallest absolute Gasteiger partial charge is 0.244 e. The van der Waals surface area contributed by atoms with Gasteiger partial charge in [0.15, 0.2) is 0 Å². The average Bonchev–Trinajstić information content (AvgIpc) is 3.21. The van der Waals surface area contributed by atoms with E-state index in [9.17, 15) is 4.79 Å². The molecule has 158 valence electrons. The van der Waals surface area contributed by atoms with Gasteiger partial charge in [0.2, 0.25) is 5.91 Å². The molecule has 2 heterocycles. The number of methoxy groups -OCH3 is 1. The van der Waals surface area contributed by atoms with E-state index in [-0.39, 0.29) is 12.0 Å². The molecule has 1 amide bonds. The summed E-state index contributed by atoms with van der Waals surface area (Å²) >= 11 is 6.54. The number of nitrogens with zero attached hydrogens (tertiary/aromatic N) is 1. The van der Waals surface area contributed by atoms with E-state index in [2.05, 4.69) is 23.3 Å². The number of aromatic nitrogens is 1. The highest BCUT2D eigenvalue weighted by Crippen LogP contribution is 2.40. The van der Waals surface area contributed by atoms with Crippen LogP contribution in [0.25, 0.3) is 17.2 Å². The molecule has 1 aliphatic heterocycles. The average molecular weight is 435 g/mol. The Morgan fingerprint density at radius 2 is 2.19 bits per heavy atom. The number of aryl methyl sites for hydroxylation is 1. The topological polar surface area (TPSA) is 60.5 Å². The molecule has 0 aliphatic carbocycles. The number of benzene rings is 2. The Morgan fingerprint density at radius 1 is 1.32 bits per heavy atom. The lowest BCUT2D eigenvalue weighted by Gasteiger charge is -2.12. The fourth-order valence-corrected chi connectivity index (χ4v) is 3.90. The summed E-state index contributed by atoms with van der Waals surface area (Å²) in [4.78, 5) is 16.2. The van der Waals surface area contributed by atoms with Crippen molar-refractivity contribution in [3.8, 4) is 22.6 Å². The standard InChI is InChI=1S/C25H23ClN2O3/c1-16-5-7-20(30-2)13-22(16)18-10-19-11-21(31-25(19)23(26)12-18)15-28-24(29)8-6-17-4-3-9-27-14-17/h3-10,12-14,21H,11,15H2,1-2H3,(H,28,29)/b8-6+. The summed E-state index contributed by atoms with van der Waals surface area (Å²) in [6.45, 7) is 2.46. The second kappa shape index (κ2) is 9.23. The maximum Gasteiger partial charge on any atom is 0.244 e. The van der Waals surface area contributed by atoms with Gasteiger partial charge in [-0.25, -0.2) is 0 Å². The third kappa shape index (κ3) is 4.89. The number of hydrogen-bond acceptors (Lipinski definition) is 4. The largest absolute Gasteiger partial charge is 0.497 e. The number of pyridine rings is 1. The zero-order valence-electron chi connectivity index (χ0n) is 17.4. The highest BCUT2D eigenvalue weighted by molar-refractivity contribution is 6.32. The highest BCUT2D eigenvalue weighted by atomic mass is 35.5. The summed E-state index contributed by atoms with van der Waals surface area (Å²) in [7, 11) is 1.66. The van der Waals surface area contributed by atoms with Gasteiger partial charge in [0.25, 0.3) is 0 Å². The Bertz CT molecular complexity index is 1130. The molecule has 6 heteroatoms.